The first-order valence-electron chi connectivity index (χ1n) is 6.45. The summed E-state index contributed by atoms with van der Waals surface area (Å²) in [6.45, 7) is 0. The molecule has 20 heavy (non-hydrogen) atoms. The van der Waals surface area contributed by atoms with Crippen LogP contribution in [0.5, 0.6) is 5.75 Å². The zero-order valence-corrected chi connectivity index (χ0v) is 10.9. The average Bonchev–Trinajstić information content (AvgIpc) is 2.78. The molecule has 0 atom stereocenters. The van der Waals surface area contributed by atoms with Gasteiger partial charge in [-0.1, -0.05) is 25.0 Å². The van der Waals surface area contributed by atoms with Gasteiger partial charge in [-0.2, -0.15) is 0 Å². The van der Waals surface area contributed by atoms with E-state index in [2.05, 4.69) is 4.74 Å². The number of carbonyl (C=O) groups is 1. The molecule has 0 radical (unpaired) electrons. The standard InChI is InChI=1S/C14H16F3NO2/c15-14(16,17)20-11-5-3-10(4-6-11)9-12(19)13(18)7-1-2-8-13/h3-6H,1-2,7-9,18H2. The highest BCUT2D eigenvalue weighted by molar-refractivity contribution is 5.90. The second kappa shape index (κ2) is 5.44. The average molecular weight is 287 g/mol. The van der Waals surface area contributed by atoms with Gasteiger partial charge in [0.1, 0.15) is 5.75 Å². The van der Waals surface area contributed by atoms with Crippen molar-refractivity contribution < 1.29 is 22.7 Å². The molecular weight excluding hydrogens is 271 g/mol. The summed E-state index contributed by atoms with van der Waals surface area (Å²) in [7, 11) is 0. The van der Waals surface area contributed by atoms with Gasteiger partial charge >= 0.3 is 6.36 Å². The van der Waals surface area contributed by atoms with Gasteiger partial charge in [0.25, 0.3) is 0 Å². The van der Waals surface area contributed by atoms with E-state index in [0.717, 1.165) is 12.8 Å². The highest BCUT2D eigenvalue weighted by atomic mass is 19.4. The Balaban J connectivity index is 1.98. The molecule has 6 heteroatoms. The molecule has 0 spiro atoms. The maximum atomic E-state index is 12.1. The molecular formula is C14H16F3NO2. The van der Waals surface area contributed by atoms with Crippen LogP contribution in [0.4, 0.5) is 13.2 Å². The molecule has 0 bridgehead atoms. The molecule has 1 saturated carbocycles. The molecule has 3 nitrogen and oxygen atoms in total. The van der Waals surface area contributed by atoms with Crippen molar-refractivity contribution in [3.8, 4) is 5.75 Å². The lowest BCUT2D eigenvalue weighted by Crippen LogP contribution is -2.46. The van der Waals surface area contributed by atoms with Crippen LogP contribution in [0.3, 0.4) is 0 Å². The Hall–Kier alpha value is -1.56. The van der Waals surface area contributed by atoms with Gasteiger partial charge in [-0.25, -0.2) is 0 Å². The van der Waals surface area contributed by atoms with E-state index in [9.17, 15) is 18.0 Å². The van der Waals surface area contributed by atoms with E-state index in [-0.39, 0.29) is 18.0 Å². The Kier molecular flexibility index (Phi) is 4.04. The Labute approximate surface area is 114 Å². The number of ketones is 1. The lowest BCUT2D eigenvalue weighted by Gasteiger charge is -2.21. The Morgan fingerprint density at radius 3 is 2.25 bits per heavy atom. The maximum absolute atomic E-state index is 12.1. The van der Waals surface area contributed by atoms with Gasteiger partial charge in [-0.3, -0.25) is 4.79 Å². The summed E-state index contributed by atoms with van der Waals surface area (Å²) in [5.74, 6) is -0.350. The van der Waals surface area contributed by atoms with Gasteiger partial charge < -0.3 is 10.5 Å². The van der Waals surface area contributed by atoms with Crippen LogP contribution in [0.2, 0.25) is 0 Å². The molecule has 0 heterocycles. The Morgan fingerprint density at radius 1 is 1.20 bits per heavy atom. The minimum absolute atomic E-state index is 0.0560. The Bertz CT molecular complexity index is 476. The topological polar surface area (TPSA) is 52.3 Å². The third-order valence-corrected chi connectivity index (χ3v) is 3.57. The fourth-order valence-corrected chi connectivity index (χ4v) is 2.46. The highest BCUT2D eigenvalue weighted by Gasteiger charge is 2.36. The molecule has 110 valence electrons. The molecule has 1 fully saturated rings. The van der Waals surface area contributed by atoms with Crippen LogP contribution < -0.4 is 10.5 Å². The van der Waals surface area contributed by atoms with Crippen LogP contribution in [0, 0.1) is 0 Å². The molecule has 0 amide bonds. The second-order valence-corrected chi connectivity index (χ2v) is 5.15. The zero-order valence-electron chi connectivity index (χ0n) is 10.9. The summed E-state index contributed by atoms with van der Waals surface area (Å²) in [5.41, 5.74) is 5.92. The molecule has 1 aromatic carbocycles. The van der Waals surface area contributed by atoms with Crippen molar-refractivity contribution in [3.05, 3.63) is 29.8 Å². The van der Waals surface area contributed by atoms with Crippen LogP contribution >= 0.6 is 0 Å². The first-order valence-corrected chi connectivity index (χ1v) is 6.45. The first-order chi connectivity index (χ1) is 9.28. The van der Waals surface area contributed by atoms with Gasteiger partial charge in [0.2, 0.25) is 0 Å². The molecule has 1 aliphatic carbocycles. The largest absolute Gasteiger partial charge is 0.573 e. The molecule has 0 saturated heterocycles. The third-order valence-electron chi connectivity index (χ3n) is 3.57. The third kappa shape index (κ3) is 3.72. The summed E-state index contributed by atoms with van der Waals surface area (Å²) in [5, 5.41) is 0. The summed E-state index contributed by atoms with van der Waals surface area (Å²) in [6.07, 6.45) is -1.31. The number of rotatable bonds is 4. The smallest absolute Gasteiger partial charge is 0.406 e. The van der Waals surface area contributed by atoms with Crippen molar-refractivity contribution >= 4 is 5.78 Å². The number of ether oxygens (including phenoxy) is 1. The number of Topliss-reactive ketones (excluding diaryl/α,β-unsaturated/α-hetero) is 1. The number of benzene rings is 1. The number of alkyl halides is 3. The minimum Gasteiger partial charge on any atom is -0.406 e. The Morgan fingerprint density at radius 2 is 1.75 bits per heavy atom. The summed E-state index contributed by atoms with van der Waals surface area (Å²) in [6, 6.07) is 5.32. The predicted molar refractivity (Wildman–Crippen MR) is 67.2 cm³/mol. The van der Waals surface area contributed by atoms with Crippen molar-refractivity contribution in [1.82, 2.24) is 0 Å². The van der Waals surface area contributed by atoms with E-state index in [1.807, 2.05) is 0 Å². The fourth-order valence-electron chi connectivity index (χ4n) is 2.46. The molecule has 0 unspecified atom stereocenters. The molecule has 2 rings (SSSR count). The van der Waals surface area contributed by atoms with Crippen molar-refractivity contribution in [2.45, 2.75) is 44.0 Å². The van der Waals surface area contributed by atoms with E-state index < -0.39 is 11.9 Å². The van der Waals surface area contributed by atoms with E-state index in [4.69, 9.17) is 5.73 Å². The van der Waals surface area contributed by atoms with Gasteiger partial charge in [0.15, 0.2) is 5.78 Å². The molecule has 1 aromatic rings. The van der Waals surface area contributed by atoms with Gasteiger partial charge in [-0.15, -0.1) is 13.2 Å². The van der Waals surface area contributed by atoms with Gasteiger partial charge in [0.05, 0.1) is 5.54 Å². The number of halogens is 3. The van der Waals surface area contributed by atoms with Gasteiger partial charge in [-0.05, 0) is 30.5 Å². The lowest BCUT2D eigenvalue weighted by molar-refractivity contribution is -0.274. The lowest BCUT2D eigenvalue weighted by atomic mass is 9.89. The second-order valence-electron chi connectivity index (χ2n) is 5.15. The summed E-state index contributed by atoms with van der Waals surface area (Å²) >= 11 is 0. The monoisotopic (exact) mass is 287 g/mol. The van der Waals surface area contributed by atoms with Gasteiger partial charge in [0, 0.05) is 6.42 Å². The van der Waals surface area contributed by atoms with Crippen molar-refractivity contribution in [1.29, 1.82) is 0 Å². The highest BCUT2D eigenvalue weighted by Crippen LogP contribution is 2.29. The maximum Gasteiger partial charge on any atom is 0.573 e. The number of nitrogens with two attached hydrogens (primary N) is 1. The number of carbonyl (C=O) groups excluding carboxylic acids is 1. The van der Waals surface area contributed by atoms with Crippen LogP contribution in [0.25, 0.3) is 0 Å². The van der Waals surface area contributed by atoms with Crippen LogP contribution in [0.15, 0.2) is 24.3 Å². The number of hydrogen-bond donors (Lipinski definition) is 1. The summed E-state index contributed by atoms with van der Waals surface area (Å²) < 4.78 is 39.8. The quantitative estimate of drug-likeness (QED) is 0.926. The van der Waals surface area contributed by atoms with E-state index in [0.29, 0.717) is 18.4 Å². The number of hydrogen-bond acceptors (Lipinski definition) is 3. The van der Waals surface area contributed by atoms with Crippen LogP contribution in [-0.2, 0) is 11.2 Å². The van der Waals surface area contributed by atoms with Crippen molar-refractivity contribution in [2.24, 2.45) is 5.73 Å². The first kappa shape index (κ1) is 14.8. The van der Waals surface area contributed by atoms with E-state index >= 15 is 0 Å². The molecule has 1 aliphatic rings. The van der Waals surface area contributed by atoms with Crippen molar-refractivity contribution in [2.75, 3.05) is 0 Å². The SMILES string of the molecule is NC1(C(=O)Cc2ccc(OC(F)(F)F)cc2)CCCC1. The summed E-state index contributed by atoms with van der Waals surface area (Å²) in [4.78, 5) is 12.1. The molecule has 2 N–H and O–H groups in total. The van der Waals surface area contributed by atoms with E-state index in [1.165, 1.54) is 24.3 Å². The van der Waals surface area contributed by atoms with Crippen molar-refractivity contribution in [3.63, 3.8) is 0 Å². The predicted octanol–water partition coefficient (Wildman–Crippen LogP) is 2.97. The van der Waals surface area contributed by atoms with E-state index in [1.54, 1.807) is 0 Å². The van der Waals surface area contributed by atoms with Crippen LogP contribution in [-0.4, -0.2) is 17.7 Å². The normalized spacial score (nSPS) is 18.0. The van der Waals surface area contributed by atoms with Crippen LogP contribution in [0.1, 0.15) is 31.2 Å². The molecule has 0 aromatic heterocycles. The minimum atomic E-state index is -4.71. The zero-order chi connectivity index (χ0) is 14.8. The fraction of sp³-hybridized carbons (Fsp3) is 0.500. The molecule has 0 aliphatic heterocycles.